The van der Waals surface area contributed by atoms with Crippen molar-refractivity contribution in [2.24, 2.45) is 5.41 Å². The van der Waals surface area contributed by atoms with Gasteiger partial charge >= 0.3 is 0 Å². The van der Waals surface area contributed by atoms with Gasteiger partial charge in [-0.2, -0.15) is 0 Å². The molecule has 1 aliphatic rings. The summed E-state index contributed by atoms with van der Waals surface area (Å²) in [4.78, 5) is 11.9. The van der Waals surface area contributed by atoms with Gasteiger partial charge in [-0.3, -0.25) is 4.79 Å². The van der Waals surface area contributed by atoms with E-state index in [2.05, 4.69) is 51.3 Å². The molecule has 0 heterocycles. The Morgan fingerprint density at radius 1 is 1.19 bits per heavy atom. The Morgan fingerprint density at radius 3 is 2.48 bits per heavy atom. The molecular formula is C18H34N2O. The van der Waals surface area contributed by atoms with Crippen LogP contribution in [0.1, 0.15) is 73.1 Å². The van der Waals surface area contributed by atoms with E-state index in [0.29, 0.717) is 6.54 Å². The standard InChI is InChI=1S/C18H34N2O/c1-17(2,3)14-18(4,5)20-13-16(21)19-12-11-15-9-7-6-8-10-15/h9,20H,6-8,10-14H2,1-5H3,(H,19,21). The number of rotatable bonds is 7. The number of amides is 1. The largest absolute Gasteiger partial charge is 0.355 e. The summed E-state index contributed by atoms with van der Waals surface area (Å²) >= 11 is 0. The summed E-state index contributed by atoms with van der Waals surface area (Å²) in [5, 5.41) is 6.40. The van der Waals surface area contributed by atoms with Crippen molar-refractivity contribution in [1.82, 2.24) is 10.6 Å². The van der Waals surface area contributed by atoms with Gasteiger partial charge in [0.1, 0.15) is 0 Å². The van der Waals surface area contributed by atoms with E-state index in [0.717, 1.165) is 19.4 Å². The molecule has 122 valence electrons. The predicted octanol–water partition coefficient (Wildman–Crippen LogP) is 3.80. The van der Waals surface area contributed by atoms with Gasteiger partial charge < -0.3 is 10.6 Å². The average Bonchev–Trinajstić information content (AvgIpc) is 2.35. The van der Waals surface area contributed by atoms with E-state index in [4.69, 9.17) is 0 Å². The molecule has 3 heteroatoms. The third-order valence-electron chi connectivity index (χ3n) is 3.85. The fourth-order valence-electron chi connectivity index (χ4n) is 3.26. The number of allylic oxidation sites excluding steroid dienone is 1. The highest BCUT2D eigenvalue weighted by molar-refractivity contribution is 5.78. The highest BCUT2D eigenvalue weighted by atomic mass is 16.1. The fraction of sp³-hybridized carbons (Fsp3) is 0.833. The van der Waals surface area contributed by atoms with Crippen molar-refractivity contribution in [2.75, 3.05) is 13.1 Å². The molecule has 2 N–H and O–H groups in total. The molecule has 0 aliphatic heterocycles. The summed E-state index contributed by atoms with van der Waals surface area (Å²) in [5.74, 6) is 0.105. The molecule has 0 unspecified atom stereocenters. The maximum atomic E-state index is 11.9. The average molecular weight is 294 g/mol. The topological polar surface area (TPSA) is 41.1 Å². The first-order valence-electron chi connectivity index (χ1n) is 8.38. The summed E-state index contributed by atoms with van der Waals surface area (Å²) in [6.45, 7) is 12.2. The third-order valence-corrected chi connectivity index (χ3v) is 3.85. The zero-order valence-corrected chi connectivity index (χ0v) is 14.6. The summed E-state index contributed by atoms with van der Waals surface area (Å²) in [7, 11) is 0. The van der Waals surface area contributed by atoms with Gasteiger partial charge in [0, 0.05) is 12.1 Å². The molecule has 0 aromatic heterocycles. The molecule has 0 aromatic rings. The Bertz CT molecular complexity index is 364. The molecule has 0 fully saturated rings. The van der Waals surface area contributed by atoms with Crippen LogP contribution in [-0.4, -0.2) is 24.5 Å². The second-order valence-electron chi connectivity index (χ2n) is 8.18. The zero-order chi connectivity index (χ0) is 15.9. The van der Waals surface area contributed by atoms with Crippen molar-refractivity contribution >= 4 is 5.91 Å². The van der Waals surface area contributed by atoms with Crippen molar-refractivity contribution in [2.45, 2.75) is 78.7 Å². The lowest BCUT2D eigenvalue weighted by atomic mass is 9.82. The Hall–Kier alpha value is -0.830. The van der Waals surface area contributed by atoms with Crippen LogP contribution >= 0.6 is 0 Å². The third kappa shape index (κ3) is 8.92. The Kier molecular flexibility index (Phi) is 6.92. The minimum absolute atomic E-state index is 0.0124. The fourth-order valence-corrected chi connectivity index (χ4v) is 3.26. The normalized spacial score (nSPS) is 16.5. The second-order valence-corrected chi connectivity index (χ2v) is 8.18. The lowest BCUT2D eigenvalue weighted by Gasteiger charge is -2.33. The molecule has 0 spiro atoms. The monoisotopic (exact) mass is 294 g/mol. The van der Waals surface area contributed by atoms with E-state index in [1.165, 1.54) is 31.3 Å². The smallest absolute Gasteiger partial charge is 0.233 e. The van der Waals surface area contributed by atoms with E-state index >= 15 is 0 Å². The van der Waals surface area contributed by atoms with Crippen molar-refractivity contribution in [1.29, 1.82) is 0 Å². The molecule has 0 atom stereocenters. The maximum Gasteiger partial charge on any atom is 0.233 e. The van der Waals surface area contributed by atoms with Crippen molar-refractivity contribution in [3.63, 3.8) is 0 Å². The van der Waals surface area contributed by atoms with Crippen molar-refractivity contribution in [3.05, 3.63) is 11.6 Å². The van der Waals surface area contributed by atoms with Crippen LogP contribution in [-0.2, 0) is 4.79 Å². The van der Waals surface area contributed by atoms with E-state index < -0.39 is 0 Å². The Labute approximate surface area is 131 Å². The number of carbonyl (C=O) groups excluding carboxylic acids is 1. The zero-order valence-electron chi connectivity index (χ0n) is 14.6. The van der Waals surface area contributed by atoms with Gasteiger partial charge in [0.05, 0.1) is 6.54 Å². The quantitative estimate of drug-likeness (QED) is 0.701. The molecule has 3 nitrogen and oxygen atoms in total. The van der Waals surface area contributed by atoms with Crippen LogP contribution in [0.2, 0.25) is 0 Å². The van der Waals surface area contributed by atoms with E-state index in [9.17, 15) is 4.79 Å². The summed E-state index contributed by atoms with van der Waals surface area (Å²) in [6.07, 6.45) is 9.46. The van der Waals surface area contributed by atoms with E-state index in [-0.39, 0.29) is 16.9 Å². The molecule has 0 aromatic carbocycles. The minimum Gasteiger partial charge on any atom is -0.355 e. The van der Waals surface area contributed by atoms with Crippen LogP contribution in [0.25, 0.3) is 0 Å². The first kappa shape index (κ1) is 18.2. The van der Waals surface area contributed by atoms with Crippen LogP contribution in [0.15, 0.2) is 11.6 Å². The molecule has 0 bridgehead atoms. The van der Waals surface area contributed by atoms with Gasteiger partial charge in [0.2, 0.25) is 5.91 Å². The lowest BCUT2D eigenvalue weighted by Crippen LogP contribution is -2.47. The first-order chi connectivity index (χ1) is 9.68. The van der Waals surface area contributed by atoms with Crippen LogP contribution in [0.4, 0.5) is 0 Å². The van der Waals surface area contributed by atoms with Gasteiger partial charge in [0.15, 0.2) is 0 Å². The van der Waals surface area contributed by atoms with Gasteiger partial charge in [-0.1, -0.05) is 32.4 Å². The van der Waals surface area contributed by atoms with Gasteiger partial charge in [-0.25, -0.2) is 0 Å². The summed E-state index contributed by atoms with van der Waals surface area (Å²) < 4.78 is 0. The minimum atomic E-state index is -0.0124. The molecule has 0 saturated carbocycles. The number of nitrogens with one attached hydrogen (secondary N) is 2. The predicted molar refractivity (Wildman–Crippen MR) is 90.3 cm³/mol. The number of hydrogen-bond donors (Lipinski definition) is 2. The molecule has 0 radical (unpaired) electrons. The van der Waals surface area contributed by atoms with Crippen molar-refractivity contribution in [3.8, 4) is 0 Å². The van der Waals surface area contributed by atoms with Crippen LogP contribution in [0, 0.1) is 5.41 Å². The molecule has 1 aliphatic carbocycles. The van der Waals surface area contributed by atoms with Crippen LogP contribution in [0.3, 0.4) is 0 Å². The SMILES string of the molecule is CC(C)(C)CC(C)(C)NCC(=O)NCCC1=CCCCC1. The lowest BCUT2D eigenvalue weighted by molar-refractivity contribution is -0.120. The molecule has 1 rings (SSSR count). The molecule has 21 heavy (non-hydrogen) atoms. The van der Waals surface area contributed by atoms with E-state index in [1.54, 1.807) is 0 Å². The highest BCUT2D eigenvalue weighted by Gasteiger charge is 2.25. The highest BCUT2D eigenvalue weighted by Crippen LogP contribution is 2.26. The first-order valence-corrected chi connectivity index (χ1v) is 8.38. The molecule has 1 amide bonds. The summed E-state index contributed by atoms with van der Waals surface area (Å²) in [6, 6.07) is 0. The molecule has 0 saturated heterocycles. The number of carbonyl (C=O) groups is 1. The van der Waals surface area contributed by atoms with Gasteiger partial charge in [0.25, 0.3) is 0 Å². The van der Waals surface area contributed by atoms with Crippen LogP contribution in [0.5, 0.6) is 0 Å². The van der Waals surface area contributed by atoms with Crippen molar-refractivity contribution < 1.29 is 4.79 Å². The summed E-state index contributed by atoms with van der Waals surface area (Å²) in [5.41, 5.74) is 1.77. The Balaban J connectivity index is 2.20. The maximum absolute atomic E-state index is 11.9. The Morgan fingerprint density at radius 2 is 1.90 bits per heavy atom. The van der Waals surface area contributed by atoms with Gasteiger partial charge in [-0.05, 0) is 57.8 Å². The number of hydrogen-bond acceptors (Lipinski definition) is 2. The molecular weight excluding hydrogens is 260 g/mol. The van der Waals surface area contributed by atoms with Gasteiger partial charge in [-0.15, -0.1) is 0 Å². The van der Waals surface area contributed by atoms with Crippen LogP contribution < -0.4 is 10.6 Å². The van der Waals surface area contributed by atoms with E-state index in [1.807, 2.05) is 0 Å². The second kappa shape index (κ2) is 7.98.